The Labute approximate surface area is 195 Å². The van der Waals surface area contributed by atoms with E-state index in [1.165, 1.54) is 16.6 Å². The third-order valence-electron chi connectivity index (χ3n) is 5.52. The fraction of sp³-hybridized carbons (Fsp3) is 0.542. The van der Waals surface area contributed by atoms with Gasteiger partial charge in [0, 0.05) is 38.3 Å². The average molecular weight is 460 g/mol. The maximum atomic E-state index is 13.4. The number of rotatable bonds is 11. The molecule has 0 spiro atoms. The van der Waals surface area contributed by atoms with Crippen LogP contribution >= 0.6 is 0 Å². The van der Waals surface area contributed by atoms with Crippen molar-refractivity contribution in [1.29, 1.82) is 0 Å². The van der Waals surface area contributed by atoms with Gasteiger partial charge in [0.1, 0.15) is 5.82 Å². The number of aromatic amines is 1. The molecule has 0 aliphatic heterocycles. The number of H-pyrrole nitrogens is 1. The van der Waals surface area contributed by atoms with Crippen molar-refractivity contribution in [2.75, 3.05) is 37.4 Å². The minimum Gasteiger partial charge on any atom is -0.383 e. The molecule has 0 atom stereocenters. The van der Waals surface area contributed by atoms with Crippen molar-refractivity contribution in [3.8, 4) is 0 Å². The topological polar surface area (TPSA) is 114 Å². The Hall–Kier alpha value is -2.91. The van der Waals surface area contributed by atoms with Gasteiger partial charge >= 0.3 is 5.69 Å². The number of nitrogens with two attached hydrogens (primary N) is 1. The van der Waals surface area contributed by atoms with E-state index in [9.17, 15) is 14.4 Å². The van der Waals surface area contributed by atoms with E-state index in [1.807, 2.05) is 26.0 Å². The lowest BCUT2D eigenvalue weighted by Gasteiger charge is -2.26. The summed E-state index contributed by atoms with van der Waals surface area (Å²) in [6, 6.07) is 7.75. The van der Waals surface area contributed by atoms with E-state index >= 15 is 0 Å². The summed E-state index contributed by atoms with van der Waals surface area (Å²) in [5.74, 6) is -0.302. The molecule has 2 aromatic rings. The Morgan fingerprint density at radius 1 is 1.15 bits per heavy atom. The van der Waals surface area contributed by atoms with E-state index in [-0.39, 0.29) is 36.5 Å². The normalized spacial score (nSPS) is 11.5. The van der Waals surface area contributed by atoms with E-state index < -0.39 is 11.2 Å². The van der Waals surface area contributed by atoms with Crippen molar-refractivity contribution >= 4 is 17.4 Å². The molecule has 0 aliphatic carbocycles. The lowest BCUT2D eigenvalue weighted by Crippen LogP contribution is -2.42. The highest BCUT2D eigenvalue weighted by Gasteiger charge is 2.25. The summed E-state index contributed by atoms with van der Waals surface area (Å²) in [6.45, 7) is 12.6. The summed E-state index contributed by atoms with van der Waals surface area (Å²) in [5.41, 5.74) is 6.42. The Morgan fingerprint density at radius 3 is 2.30 bits per heavy atom. The maximum absolute atomic E-state index is 13.4. The van der Waals surface area contributed by atoms with Crippen molar-refractivity contribution < 1.29 is 9.53 Å². The predicted octanol–water partition coefficient (Wildman–Crippen LogP) is 2.30. The Balaban J connectivity index is 2.44. The van der Waals surface area contributed by atoms with Gasteiger partial charge in [-0.1, -0.05) is 32.9 Å². The number of aromatic nitrogens is 2. The molecule has 0 bridgehead atoms. The summed E-state index contributed by atoms with van der Waals surface area (Å²) in [7, 11) is 1.51. The molecular formula is C24H37N5O4. The number of methoxy groups -OCH3 is 1. The van der Waals surface area contributed by atoms with Gasteiger partial charge in [-0.25, -0.2) is 4.79 Å². The van der Waals surface area contributed by atoms with Gasteiger partial charge in [0.25, 0.3) is 11.5 Å². The summed E-state index contributed by atoms with van der Waals surface area (Å²) in [5, 5.41) is 0. The van der Waals surface area contributed by atoms with Gasteiger partial charge in [0.05, 0.1) is 6.61 Å². The maximum Gasteiger partial charge on any atom is 0.330 e. The van der Waals surface area contributed by atoms with Gasteiger partial charge in [-0.2, -0.15) is 0 Å². The van der Waals surface area contributed by atoms with Crippen LogP contribution in [0.4, 0.5) is 11.5 Å². The molecule has 9 heteroatoms. The number of nitrogen functional groups attached to an aromatic ring is 1. The van der Waals surface area contributed by atoms with E-state index in [4.69, 9.17) is 10.5 Å². The molecule has 0 fully saturated rings. The van der Waals surface area contributed by atoms with E-state index in [0.717, 1.165) is 18.7 Å². The highest BCUT2D eigenvalue weighted by atomic mass is 16.5. The quantitative estimate of drug-likeness (QED) is 0.533. The number of nitrogens with one attached hydrogen (secondary N) is 1. The monoisotopic (exact) mass is 459 g/mol. The molecular weight excluding hydrogens is 422 g/mol. The molecule has 1 heterocycles. The zero-order valence-electron chi connectivity index (χ0n) is 20.6. The Kier molecular flexibility index (Phi) is 9.43. The summed E-state index contributed by atoms with van der Waals surface area (Å²) in [6.07, 6.45) is 0. The van der Waals surface area contributed by atoms with Crippen LogP contribution in [0.25, 0.3) is 0 Å². The number of hydrogen-bond acceptors (Lipinski definition) is 6. The number of benzene rings is 1. The second-order valence-electron chi connectivity index (χ2n) is 8.80. The minimum absolute atomic E-state index is 0.0333. The summed E-state index contributed by atoms with van der Waals surface area (Å²) < 4.78 is 6.45. The van der Waals surface area contributed by atoms with Gasteiger partial charge in [-0.3, -0.25) is 28.9 Å². The lowest BCUT2D eigenvalue weighted by molar-refractivity contribution is 0.0975. The van der Waals surface area contributed by atoms with Crippen LogP contribution in [-0.2, 0) is 17.8 Å². The minimum atomic E-state index is -0.700. The van der Waals surface area contributed by atoms with Crippen LogP contribution in [0.15, 0.2) is 33.9 Å². The van der Waals surface area contributed by atoms with Gasteiger partial charge < -0.3 is 10.5 Å². The van der Waals surface area contributed by atoms with Crippen LogP contribution in [0.2, 0.25) is 0 Å². The number of nitrogens with zero attached hydrogens (tertiary/aromatic N) is 3. The molecule has 1 aromatic carbocycles. The first kappa shape index (κ1) is 26.3. The molecule has 182 valence electrons. The first-order valence-electron chi connectivity index (χ1n) is 11.4. The van der Waals surface area contributed by atoms with Crippen molar-refractivity contribution in [2.24, 2.45) is 5.92 Å². The molecule has 0 unspecified atom stereocenters. The third kappa shape index (κ3) is 6.55. The fourth-order valence-corrected chi connectivity index (χ4v) is 3.68. The summed E-state index contributed by atoms with van der Waals surface area (Å²) >= 11 is 0. The molecule has 9 nitrogen and oxygen atoms in total. The number of ether oxygens (including phenoxy) is 1. The SMILES string of the molecule is CCN(Cc1ccc(C(=O)N(CCOC)c2c(N)n(CC(C)C)c(=O)[nH]c2=O)cc1)C(C)C. The zero-order valence-corrected chi connectivity index (χ0v) is 20.6. The molecule has 2 rings (SSSR count). The highest BCUT2D eigenvalue weighted by molar-refractivity contribution is 6.07. The van der Waals surface area contributed by atoms with Crippen LogP contribution in [-0.4, -0.2) is 53.2 Å². The number of hydrogen-bond donors (Lipinski definition) is 2. The molecule has 0 saturated heterocycles. The first-order chi connectivity index (χ1) is 15.6. The molecule has 1 aromatic heterocycles. The van der Waals surface area contributed by atoms with Crippen molar-refractivity contribution in [3.63, 3.8) is 0 Å². The zero-order chi connectivity index (χ0) is 24.7. The van der Waals surface area contributed by atoms with Crippen molar-refractivity contribution in [1.82, 2.24) is 14.5 Å². The largest absolute Gasteiger partial charge is 0.383 e. The van der Waals surface area contributed by atoms with E-state index in [1.54, 1.807) is 12.1 Å². The third-order valence-corrected chi connectivity index (χ3v) is 5.52. The van der Waals surface area contributed by atoms with Gasteiger partial charge in [0.15, 0.2) is 5.69 Å². The smallest absolute Gasteiger partial charge is 0.330 e. The molecule has 0 radical (unpaired) electrons. The number of anilines is 2. The average Bonchev–Trinajstić information content (AvgIpc) is 2.76. The van der Waals surface area contributed by atoms with Crippen LogP contribution in [0.1, 0.15) is 50.5 Å². The molecule has 0 saturated carbocycles. The van der Waals surface area contributed by atoms with Crippen LogP contribution in [0, 0.1) is 5.92 Å². The summed E-state index contributed by atoms with van der Waals surface area (Å²) in [4.78, 5) is 44.4. The van der Waals surface area contributed by atoms with Crippen molar-refractivity contribution in [2.45, 2.75) is 53.8 Å². The van der Waals surface area contributed by atoms with Gasteiger partial charge in [-0.15, -0.1) is 0 Å². The highest BCUT2D eigenvalue weighted by Crippen LogP contribution is 2.21. The first-order valence-corrected chi connectivity index (χ1v) is 11.4. The standard InChI is InChI=1S/C24H37N5O4/c1-7-27(17(4)5)15-18-8-10-19(11-9-18)23(31)28(12-13-33-6)20-21(25)29(14-16(2)3)24(32)26-22(20)30/h8-11,16-17H,7,12-15,25H2,1-6H3,(H,26,30,32). The second-order valence-corrected chi connectivity index (χ2v) is 8.80. The predicted molar refractivity (Wildman–Crippen MR) is 132 cm³/mol. The Morgan fingerprint density at radius 2 is 1.79 bits per heavy atom. The molecule has 1 amide bonds. The van der Waals surface area contributed by atoms with Crippen LogP contribution in [0.5, 0.6) is 0 Å². The van der Waals surface area contributed by atoms with E-state index in [2.05, 4.69) is 30.7 Å². The lowest BCUT2D eigenvalue weighted by atomic mass is 10.1. The van der Waals surface area contributed by atoms with Crippen LogP contribution < -0.4 is 21.9 Å². The van der Waals surface area contributed by atoms with Gasteiger partial charge in [-0.05, 0) is 44.0 Å². The fourth-order valence-electron chi connectivity index (χ4n) is 3.68. The molecule has 0 aliphatic rings. The second kappa shape index (κ2) is 11.8. The Bertz CT molecular complexity index is 1040. The van der Waals surface area contributed by atoms with Crippen molar-refractivity contribution in [3.05, 3.63) is 56.2 Å². The van der Waals surface area contributed by atoms with E-state index in [0.29, 0.717) is 18.2 Å². The molecule has 33 heavy (non-hydrogen) atoms. The van der Waals surface area contributed by atoms with Gasteiger partial charge in [0.2, 0.25) is 0 Å². The molecule has 3 N–H and O–H groups in total. The van der Waals surface area contributed by atoms with Crippen LogP contribution in [0.3, 0.4) is 0 Å². The number of amides is 1. The number of carbonyl (C=O) groups is 1. The number of carbonyl (C=O) groups excluding carboxylic acids is 1.